The fourth-order valence-corrected chi connectivity index (χ4v) is 4.25. The van der Waals surface area contributed by atoms with E-state index in [4.69, 9.17) is 9.47 Å². The monoisotopic (exact) mass is 456 g/mol. The zero-order valence-corrected chi connectivity index (χ0v) is 19.7. The molecule has 0 aromatic heterocycles. The van der Waals surface area contributed by atoms with Crippen molar-refractivity contribution in [2.75, 3.05) is 19.7 Å². The Labute approximate surface area is 184 Å². The number of nitrogens with zero attached hydrogens (tertiary/aromatic N) is 1. The molecule has 0 spiro atoms. The van der Waals surface area contributed by atoms with Crippen LogP contribution in [0.25, 0.3) is 0 Å². The van der Waals surface area contributed by atoms with Crippen molar-refractivity contribution >= 4 is 27.9 Å². The van der Waals surface area contributed by atoms with Crippen molar-refractivity contribution < 1.29 is 32.3 Å². The fourth-order valence-electron chi connectivity index (χ4n) is 2.75. The summed E-state index contributed by atoms with van der Waals surface area (Å²) in [4.78, 5) is 36.7. The second kappa shape index (κ2) is 11.8. The summed E-state index contributed by atoms with van der Waals surface area (Å²) in [6.07, 6.45) is -0.341. The molecule has 0 aliphatic rings. The van der Waals surface area contributed by atoms with Gasteiger partial charge in [0.1, 0.15) is 6.04 Å². The highest BCUT2D eigenvalue weighted by molar-refractivity contribution is 7.89. The van der Waals surface area contributed by atoms with Crippen LogP contribution in [0.5, 0.6) is 0 Å². The summed E-state index contributed by atoms with van der Waals surface area (Å²) in [7, 11) is -3.74. The summed E-state index contributed by atoms with van der Waals surface area (Å²) >= 11 is 0. The molecule has 1 aromatic carbocycles. The number of hydrogen-bond acceptors (Lipinski definition) is 7. The number of hydrogen-bond donors (Lipinski definition) is 1. The van der Waals surface area contributed by atoms with Crippen molar-refractivity contribution in [2.45, 2.75) is 58.6 Å². The van der Waals surface area contributed by atoms with E-state index in [1.54, 1.807) is 41.5 Å². The van der Waals surface area contributed by atoms with Crippen LogP contribution in [-0.4, -0.2) is 62.4 Å². The quantitative estimate of drug-likeness (QED) is 0.506. The number of carbonyl (C=O) groups is 3. The molecule has 0 fully saturated rings. The largest absolute Gasteiger partial charge is 0.460 e. The molecule has 0 bridgehead atoms. The van der Waals surface area contributed by atoms with E-state index < -0.39 is 40.5 Å². The second-order valence-electron chi connectivity index (χ2n) is 7.46. The minimum atomic E-state index is -3.74. The molecule has 1 amide bonds. The van der Waals surface area contributed by atoms with E-state index in [9.17, 15) is 22.8 Å². The van der Waals surface area contributed by atoms with Gasteiger partial charge in [-0.1, -0.05) is 33.8 Å². The smallest absolute Gasteiger partial charge is 0.344 e. The molecule has 0 heterocycles. The molecule has 0 radical (unpaired) electrons. The lowest BCUT2D eigenvalue weighted by Gasteiger charge is -2.21. The number of ether oxygens (including phenoxy) is 2. The number of amides is 1. The molecular weight excluding hydrogens is 424 g/mol. The van der Waals surface area contributed by atoms with E-state index in [0.717, 1.165) is 0 Å². The maximum atomic E-state index is 12.7. The summed E-state index contributed by atoms with van der Waals surface area (Å²) in [5.74, 6) is -2.43. The molecule has 0 aliphatic carbocycles. The summed E-state index contributed by atoms with van der Waals surface area (Å²) in [5, 5.41) is 2.56. The van der Waals surface area contributed by atoms with Crippen LogP contribution in [0.4, 0.5) is 0 Å². The highest BCUT2D eigenvalue weighted by Crippen LogP contribution is 2.17. The zero-order valence-electron chi connectivity index (χ0n) is 18.9. The number of benzene rings is 1. The van der Waals surface area contributed by atoms with Crippen molar-refractivity contribution in [3.05, 3.63) is 29.8 Å². The molecule has 1 N–H and O–H groups in total. The molecule has 1 aromatic rings. The average Bonchev–Trinajstić information content (AvgIpc) is 2.70. The number of carbonyl (C=O) groups excluding carboxylic acids is 3. The standard InChI is InChI=1S/C21H32N2O7S/c1-7-23(8-2)31(27,28)17-11-9-10-16(12-17)20(25)22-19(14(3)4)21(26)29-13-18(24)30-15(5)6/h9-12,14-15,19H,7-8,13H2,1-6H3,(H,22,25)/t19-/m0/s1. The Morgan fingerprint density at radius 2 is 1.68 bits per heavy atom. The van der Waals surface area contributed by atoms with Crippen molar-refractivity contribution in [1.29, 1.82) is 0 Å². The number of sulfonamides is 1. The Kier molecular flexibility index (Phi) is 10.1. The third-order valence-electron chi connectivity index (χ3n) is 4.35. The molecule has 0 aliphatic heterocycles. The van der Waals surface area contributed by atoms with E-state index in [1.807, 2.05) is 0 Å². The second-order valence-corrected chi connectivity index (χ2v) is 9.40. The minimum Gasteiger partial charge on any atom is -0.460 e. The SMILES string of the molecule is CCN(CC)S(=O)(=O)c1cccc(C(=O)N[C@H](C(=O)OCC(=O)OC(C)C)C(C)C)c1. The molecule has 0 unspecified atom stereocenters. The van der Waals surface area contributed by atoms with E-state index >= 15 is 0 Å². The Bertz CT molecular complexity index is 877. The Hall–Kier alpha value is -2.46. The van der Waals surface area contributed by atoms with Crippen LogP contribution in [-0.2, 0) is 29.1 Å². The summed E-state index contributed by atoms with van der Waals surface area (Å²) in [5.41, 5.74) is 0.0888. The molecule has 1 rings (SSSR count). The third kappa shape index (κ3) is 7.62. The lowest BCUT2D eigenvalue weighted by Crippen LogP contribution is -2.45. The first-order chi connectivity index (χ1) is 14.4. The summed E-state index contributed by atoms with van der Waals surface area (Å²) in [6.45, 7) is 10.3. The minimum absolute atomic E-state index is 0.0102. The van der Waals surface area contributed by atoms with Crippen LogP contribution >= 0.6 is 0 Å². The lowest BCUT2D eigenvalue weighted by atomic mass is 10.0. The van der Waals surface area contributed by atoms with Gasteiger partial charge in [-0.15, -0.1) is 0 Å². The van der Waals surface area contributed by atoms with Crippen molar-refractivity contribution in [1.82, 2.24) is 9.62 Å². The van der Waals surface area contributed by atoms with Crippen molar-refractivity contribution in [3.63, 3.8) is 0 Å². The van der Waals surface area contributed by atoms with Gasteiger partial charge in [-0.05, 0) is 38.0 Å². The first-order valence-electron chi connectivity index (χ1n) is 10.2. The number of rotatable bonds is 11. The van der Waals surface area contributed by atoms with Gasteiger partial charge < -0.3 is 14.8 Å². The highest BCUT2D eigenvalue weighted by atomic mass is 32.2. The average molecular weight is 457 g/mol. The van der Waals surface area contributed by atoms with Crippen LogP contribution in [0, 0.1) is 5.92 Å². The van der Waals surface area contributed by atoms with Gasteiger partial charge in [0, 0.05) is 18.7 Å². The fraction of sp³-hybridized carbons (Fsp3) is 0.571. The molecule has 1 atom stereocenters. The van der Waals surface area contributed by atoms with Gasteiger partial charge in [0.05, 0.1) is 11.0 Å². The third-order valence-corrected chi connectivity index (χ3v) is 6.39. The number of esters is 2. The van der Waals surface area contributed by atoms with E-state index in [-0.39, 0.29) is 22.5 Å². The maximum absolute atomic E-state index is 12.7. The van der Waals surface area contributed by atoms with Crippen LogP contribution < -0.4 is 5.32 Å². The summed E-state index contributed by atoms with van der Waals surface area (Å²) < 4.78 is 36.6. The van der Waals surface area contributed by atoms with Crippen LogP contribution in [0.15, 0.2) is 29.2 Å². The maximum Gasteiger partial charge on any atom is 0.344 e. The first-order valence-corrected chi connectivity index (χ1v) is 11.6. The van der Waals surface area contributed by atoms with Crippen molar-refractivity contribution in [2.24, 2.45) is 5.92 Å². The summed E-state index contributed by atoms with van der Waals surface area (Å²) in [6, 6.07) is 4.59. The molecule has 174 valence electrons. The Morgan fingerprint density at radius 1 is 1.06 bits per heavy atom. The topological polar surface area (TPSA) is 119 Å². The zero-order chi connectivity index (χ0) is 23.8. The Balaban J connectivity index is 2.96. The molecule has 10 heteroatoms. The van der Waals surface area contributed by atoms with E-state index in [2.05, 4.69) is 5.32 Å². The highest BCUT2D eigenvalue weighted by Gasteiger charge is 2.28. The molecule has 31 heavy (non-hydrogen) atoms. The lowest BCUT2D eigenvalue weighted by molar-refractivity contribution is -0.162. The molecule has 9 nitrogen and oxygen atoms in total. The first kappa shape index (κ1) is 26.6. The van der Waals surface area contributed by atoms with Crippen LogP contribution in [0.1, 0.15) is 51.9 Å². The van der Waals surface area contributed by atoms with Crippen molar-refractivity contribution in [3.8, 4) is 0 Å². The van der Waals surface area contributed by atoms with Gasteiger partial charge in [-0.2, -0.15) is 4.31 Å². The van der Waals surface area contributed by atoms with Gasteiger partial charge in [-0.25, -0.2) is 18.0 Å². The molecule has 0 saturated carbocycles. The Morgan fingerprint density at radius 3 is 2.19 bits per heavy atom. The van der Waals surface area contributed by atoms with Crippen LogP contribution in [0.2, 0.25) is 0 Å². The van der Waals surface area contributed by atoms with Crippen LogP contribution in [0.3, 0.4) is 0 Å². The molecular formula is C21H32N2O7S. The molecule has 0 saturated heterocycles. The predicted octanol–water partition coefficient (Wildman–Crippen LogP) is 1.97. The van der Waals surface area contributed by atoms with Gasteiger partial charge in [0.25, 0.3) is 5.91 Å². The van der Waals surface area contributed by atoms with Gasteiger partial charge >= 0.3 is 11.9 Å². The van der Waals surface area contributed by atoms with E-state index in [0.29, 0.717) is 13.1 Å². The van der Waals surface area contributed by atoms with Gasteiger partial charge in [0.2, 0.25) is 10.0 Å². The van der Waals surface area contributed by atoms with Gasteiger partial charge in [0.15, 0.2) is 6.61 Å². The van der Waals surface area contributed by atoms with E-state index in [1.165, 1.54) is 28.6 Å². The normalized spacial score (nSPS) is 12.7. The predicted molar refractivity (Wildman–Crippen MR) is 115 cm³/mol. The van der Waals surface area contributed by atoms with Gasteiger partial charge in [-0.3, -0.25) is 4.79 Å². The number of nitrogens with one attached hydrogen (secondary N) is 1.